The van der Waals surface area contributed by atoms with E-state index in [-0.39, 0.29) is 25.2 Å². The Kier molecular flexibility index (Phi) is 5.86. The number of halogens is 1. The highest BCUT2D eigenvalue weighted by atomic mass is 19.1. The van der Waals surface area contributed by atoms with Gasteiger partial charge in [-0.05, 0) is 37.0 Å². The Labute approximate surface area is 138 Å². The molecule has 24 heavy (non-hydrogen) atoms. The average Bonchev–Trinajstić information content (AvgIpc) is 2.97. The van der Waals surface area contributed by atoms with E-state index in [0.29, 0.717) is 18.5 Å². The van der Waals surface area contributed by atoms with E-state index < -0.39 is 24.0 Å². The summed E-state index contributed by atoms with van der Waals surface area (Å²) in [5.74, 6) is -2.27. The molecule has 0 radical (unpaired) electrons. The molecule has 1 aliphatic heterocycles. The molecule has 0 aliphatic carbocycles. The van der Waals surface area contributed by atoms with Gasteiger partial charge >= 0.3 is 11.9 Å². The van der Waals surface area contributed by atoms with Gasteiger partial charge in [0.2, 0.25) is 0 Å². The van der Waals surface area contributed by atoms with Gasteiger partial charge in [0.15, 0.2) is 0 Å². The van der Waals surface area contributed by atoms with Crippen LogP contribution in [0.1, 0.15) is 24.8 Å². The molecule has 0 amide bonds. The van der Waals surface area contributed by atoms with Crippen molar-refractivity contribution in [3.63, 3.8) is 0 Å². The molecule has 8 heteroatoms. The number of hydrazone groups is 1. The van der Waals surface area contributed by atoms with Gasteiger partial charge < -0.3 is 15.9 Å². The summed E-state index contributed by atoms with van der Waals surface area (Å²) >= 11 is 0. The van der Waals surface area contributed by atoms with E-state index in [1.54, 1.807) is 12.1 Å². The SMILES string of the molecule is NC(CC1CC(C(=O)O)=NN1c1ccc(CCCF)cc1)C(=O)O. The van der Waals surface area contributed by atoms with E-state index in [2.05, 4.69) is 5.10 Å². The lowest BCUT2D eigenvalue weighted by atomic mass is 10.0. The van der Waals surface area contributed by atoms with E-state index in [4.69, 9.17) is 15.9 Å². The number of benzene rings is 1. The molecule has 0 saturated carbocycles. The van der Waals surface area contributed by atoms with Crippen molar-refractivity contribution in [3.05, 3.63) is 29.8 Å². The number of aliphatic carboxylic acids is 2. The van der Waals surface area contributed by atoms with Gasteiger partial charge in [0.1, 0.15) is 11.8 Å². The first kappa shape index (κ1) is 17.9. The summed E-state index contributed by atoms with van der Waals surface area (Å²) in [6.07, 6.45) is 1.27. The number of hydrogen-bond acceptors (Lipinski definition) is 5. The van der Waals surface area contributed by atoms with Crippen molar-refractivity contribution in [1.29, 1.82) is 0 Å². The van der Waals surface area contributed by atoms with Crippen LogP contribution in [0.5, 0.6) is 0 Å². The number of carbonyl (C=O) groups is 2. The number of carboxylic acids is 2. The molecule has 0 fully saturated rings. The molecule has 7 nitrogen and oxygen atoms in total. The maximum Gasteiger partial charge on any atom is 0.352 e. The van der Waals surface area contributed by atoms with E-state index >= 15 is 0 Å². The van der Waals surface area contributed by atoms with E-state index in [0.717, 1.165) is 5.56 Å². The standard InChI is InChI=1S/C16H20FN3O4/c17-7-1-2-10-3-5-11(6-4-10)20-12(8-13(18)15(21)22)9-14(19-20)16(23)24/h3-6,12-13H,1-2,7-9,18H2,(H,21,22)(H,23,24). The van der Waals surface area contributed by atoms with E-state index in [1.165, 1.54) is 5.01 Å². The van der Waals surface area contributed by atoms with Gasteiger partial charge in [-0.25, -0.2) is 4.79 Å². The van der Waals surface area contributed by atoms with Crippen LogP contribution < -0.4 is 10.7 Å². The summed E-state index contributed by atoms with van der Waals surface area (Å²) in [6, 6.07) is 5.66. The number of nitrogens with two attached hydrogens (primary N) is 1. The molecule has 1 heterocycles. The Morgan fingerprint density at radius 1 is 1.33 bits per heavy atom. The third-order valence-electron chi connectivity index (χ3n) is 3.89. The first-order chi connectivity index (χ1) is 11.4. The van der Waals surface area contributed by atoms with Gasteiger partial charge in [0.05, 0.1) is 18.4 Å². The third-order valence-corrected chi connectivity index (χ3v) is 3.89. The Bertz CT molecular complexity index is 633. The summed E-state index contributed by atoms with van der Waals surface area (Å²) in [4.78, 5) is 22.1. The van der Waals surface area contributed by atoms with Crippen LogP contribution in [0.15, 0.2) is 29.4 Å². The van der Waals surface area contributed by atoms with Crippen molar-refractivity contribution in [1.82, 2.24) is 0 Å². The fourth-order valence-electron chi connectivity index (χ4n) is 2.62. The Hall–Kier alpha value is -2.48. The molecular weight excluding hydrogens is 317 g/mol. The molecule has 0 bridgehead atoms. The van der Waals surface area contributed by atoms with Crippen LogP contribution >= 0.6 is 0 Å². The van der Waals surface area contributed by atoms with Crippen LogP contribution in [-0.2, 0) is 16.0 Å². The van der Waals surface area contributed by atoms with Crippen LogP contribution in [0.3, 0.4) is 0 Å². The highest BCUT2D eigenvalue weighted by Crippen LogP contribution is 2.27. The predicted octanol–water partition coefficient (Wildman–Crippen LogP) is 1.41. The molecule has 2 rings (SSSR count). The fourth-order valence-corrected chi connectivity index (χ4v) is 2.62. The van der Waals surface area contributed by atoms with Crippen molar-refractivity contribution >= 4 is 23.3 Å². The number of aryl methyl sites for hydroxylation is 1. The molecule has 4 N–H and O–H groups in total. The highest BCUT2D eigenvalue weighted by Gasteiger charge is 2.33. The molecule has 2 atom stereocenters. The van der Waals surface area contributed by atoms with Crippen LogP contribution in [0.25, 0.3) is 0 Å². The largest absolute Gasteiger partial charge is 0.480 e. The zero-order chi connectivity index (χ0) is 17.7. The number of nitrogens with zero attached hydrogens (tertiary/aromatic N) is 2. The minimum atomic E-state index is -1.14. The van der Waals surface area contributed by atoms with Crippen LogP contribution in [0.2, 0.25) is 0 Å². The average molecular weight is 337 g/mol. The fraction of sp³-hybridized carbons (Fsp3) is 0.438. The molecule has 2 unspecified atom stereocenters. The van der Waals surface area contributed by atoms with Gasteiger partial charge in [-0.1, -0.05) is 12.1 Å². The Morgan fingerprint density at radius 3 is 2.54 bits per heavy atom. The minimum absolute atomic E-state index is 0.0286. The first-order valence-electron chi connectivity index (χ1n) is 7.65. The number of alkyl halides is 1. The number of carboxylic acid groups (broad SMARTS) is 2. The normalized spacial score (nSPS) is 18.3. The third kappa shape index (κ3) is 4.29. The van der Waals surface area contributed by atoms with Crippen molar-refractivity contribution in [2.75, 3.05) is 11.7 Å². The van der Waals surface area contributed by atoms with E-state index in [1.807, 2.05) is 12.1 Å². The topological polar surface area (TPSA) is 116 Å². The summed E-state index contributed by atoms with van der Waals surface area (Å²) in [5, 5.41) is 23.7. The molecule has 0 spiro atoms. The number of hydrogen-bond donors (Lipinski definition) is 3. The number of anilines is 1. The first-order valence-corrected chi connectivity index (χ1v) is 7.65. The van der Waals surface area contributed by atoms with Crippen molar-refractivity contribution in [3.8, 4) is 0 Å². The van der Waals surface area contributed by atoms with Crippen molar-refractivity contribution < 1.29 is 24.2 Å². The molecule has 130 valence electrons. The minimum Gasteiger partial charge on any atom is -0.480 e. The lowest BCUT2D eigenvalue weighted by Gasteiger charge is -2.25. The van der Waals surface area contributed by atoms with E-state index in [9.17, 15) is 14.0 Å². The van der Waals surface area contributed by atoms with Gasteiger partial charge in [-0.3, -0.25) is 14.2 Å². The smallest absolute Gasteiger partial charge is 0.352 e. The second kappa shape index (κ2) is 7.87. The maximum atomic E-state index is 12.2. The quantitative estimate of drug-likeness (QED) is 0.660. The van der Waals surface area contributed by atoms with Gasteiger partial charge in [-0.15, -0.1) is 0 Å². The van der Waals surface area contributed by atoms with Gasteiger partial charge in [-0.2, -0.15) is 5.10 Å². The molecule has 1 aliphatic rings. The zero-order valence-corrected chi connectivity index (χ0v) is 13.1. The van der Waals surface area contributed by atoms with Crippen molar-refractivity contribution in [2.24, 2.45) is 10.8 Å². The summed E-state index contributed by atoms with van der Waals surface area (Å²) < 4.78 is 12.2. The molecule has 1 aromatic rings. The van der Waals surface area contributed by atoms with Crippen LogP contribution in [0, 0.1) is 0 Å². The Morgan fingerprint density at radius 2 is 2.00 bits per heavy atom. The number of rotatable bonds is 8. The van der Waals surface area contributed by atoms with Crippen LogP contribution in [0.4, 0.5) is 10.1 Å². The molecule has 1 aromatic carbocycles. The van der Waals surface area contributed by atoms with Gasteiger partial charge in [0, 0.05) is 6.42 Å². The lowest BCUT2D eigenvalue weighted by molar-refractivity contribution is -0.138. The second-order valence-corrected chi connectivity index (χ2v) is 5.69. The van der Waals surface area contributed by atoms with Crippen LogP contribution in [-0.4, -0.2) is 46.6 Å². The highest BCUT2D eigenvalue weighted by molar-refractivity contribution is 6.36. The molecular formula is C16H20FN3O4. The summed E-state index contributed by atoms with van der Waals surface area (Å²) in [5.41, 5.74) is 7.17. The predicted molar refractivity (Wildman–Crippen MR) is 86.9 cm³/mol. The second-order valence-electron chi connectivity index (χ2n) is 5.69. The maximum absolute atomic E-state index is 12.2. The summed E-state index contributed by atoms with van der Waals surface area (Å²) in [6.45, 7) is -0.380. The van der Waals surface area contributed by atoms with Crippen molar-refractivity contribution in [2.45, 2.75) is 37.8 Å². The monoisotopic (exact) mass is 337 g/mol. The Balaban J connectivity index is 2.18. The molecule has 0 aromatic heterocycles. The zero-order valence-electron chi connectivity index (χ0n) is 13.1. The van der Waals surface area contributed by atoms with Gasteiger partial charge in [0.25, 0.3) is 0 Å². The summed E-state index contributed by atoms with van der Waals surface area (Å²) in [7, 11) is 0. The lowest BCUT2D eigenvalue weighted by Crippen LogP contribution is -2.38. The molecule has 0 saturated heterocycles.